The van der Waals surface area contributed by atoms with Crippen molar-refractivity contribution in [1.82, 2.24) is 14.8 Å². The number of hydrogen-bond acceptors (Lipinski definition) is 5. The zero-order valence-corrected chi connectivity index (χ0v) is 19.9. The molecule has 0 unspecified atom stereocenters. The first kappa shape index (κ1) is 24.7. The summed E-state index contributed by atoms with van der Waals surface area (Å²) in [4.78, 5) is 19.5. The highest BCUT2D eigenvalue weighted by Crippen LogP contribution is 2.16. The van der Waals surface area contributed by atoms with E-state index in [1.54, 1.807) is 13.3 Å². The summed E-state index contributed by atoms with van der Waals surface area (Å²) in [5.41, 5.74) is 3.43. The molecular formula is C27H35N3O3. The number of carbonyl (C=O) groups excluding carboxylic acids is 1. The van der Waals surface area contributed by atoms with Gasteiger partial charge in [0.25, 0.3) is 0 Å². The van der Waals surface area contributed by atoms with Crippen molar-refractivity contribution in [3.05, 3.63) is 71.9 Å². The largest absolute Gasteiger partial charge is 0.497 e. The Morgan fingerprint density at radius 2 is 1.91 bits per heavy atom. The van der Waals surface area contributed by atoms with Crippen LogP contribution in [-0.2, 0) is 22.6 Å². The average molecular weight is 450 g/mol. The molecule has 0 atom stereocenters. The molecule has 6 nitrogen and oxygen atoms in total. The molecule has 33 heavy (non-hydrogen) atoms. The lowest BCUT2D eigenvalue weighted by Gasteiger charge is -2.26. The van der Waals surface area contributed by atoms with E-state index in [1.807, 2.05) is 41.3 Å². The highest BCUT2D eigenvalue weighted by Gasteiger charge is 2.10. The van der Waals surface area contributed by atoms with Crippen LogP contribution < -0.4 is 4.74 Å². The Morgan fingerprint density at radius 3 is 2.64 bits per heavy atom. The predicted octanol–water partition coefficient (Wildman–Crippen LogP) is 4.38. The number of ether oxygens (including phenoxy) is 2. The number of morpholine rings is 1. The van der Waals surface area contributed by atoms with Gasteiger partial charge in [-0.15, -0.1) is 0 Å². The van der Waals surface area contributed by atoms with Crippen molar-refractivity contribution in [2.75, 3.05) is 40.0 Å². The van der Waals surface area contributed by atoms with E-state index in [-0.39, 0.29) is 0 Å². The molecule has 0 bridgehead atoms. The Balaban J connectivity index is 0.000000189. The van der Waals surface area contributed by atoms with Crippen LogP contribution in [0.2, 0.25) is 0 Å². The number of fused-ring (bicyclic) bond motifs is 1. The van der Waals surface area contributed by atoms with Gasteiger partial charge < -0.3 is 14.4 Å². The lowest BCUT2D eigenvalue weighted by molar-refractivity contribution is -0.119. The molecule has 2 heterocycles. The van der Waals surface area contributed by atoms with Crippen LogP contribution in [0.15, 0.2) is 60.8 Å². The fourth-order valence-electron chi connectivity index (χ4n) is 3.86. The first-order chi connectivity index (χ1) is 16.1. The Bertz CT molecular complexity index is 1000. The SMILES string of the molecule is CC(C)CN(C=O)Cc1ccc2ncccc2c1.COc1cccc(CN2CCOCC2)c1. The van der Waals surface area contributed by atoms with Crippen LogP contribution in [0.5, 0.6) is 5.75 Å². The molecule has 3 aromatic rings. The number of benzene rings is 2. The normalized spacial score (nSPS) is 13.9. The maximum atomic E-state index is 11.0. The third-order valence-electron chi connectivity index (χ3n) is 5.45. The molecule has 1 aromatic heterocycles. The minimum Gasteiger partial charge on any atom is -0.497 e. The summed E-state index contributed by atoms with van der Waals surface area (Å²) in [7, 11) is 1.70. The van der Waals surface area contributed by atoms with Crippen molar-refractivity contribution >= 4 is 17.3 Å². The van der Waals surface area contributed by atoms with E-state index in [2.05, 4.69) is 41.9 Å². The second-order valence-electron chi connectivity index (χ2n) is 8.70. The molecule has 0 spiro atoms. The fraction of sp³-hybridized carbons (Fsp3) is 0.407. The van der Waals surface area contributed by atoms with Gasteiger partial charge in [0, 0.05) is 44.3 Å². The molecular weight excluding hydrogens is 414 g/mol. The quantitative estimate of drug-likeness (QED) is 0.478. The molecule has 4 rings (SSSR count). The molecule has 6 heteroatoms. The lowest BCUT2D eigenvalue weighted by Crippen LogP contribution is -2.35. The third kappa shape index (κ3) is 8.15. The van der Waals surface area contributed by atoms with Crippen LogP contribution in [0.1, 0.15) is 25.0 Å². The molecule has 0 saturated carbocycles. The van der Waals surface area contributed by atoms with Crippen molar-refractivity contribution in [1.29, 1.82) is 0 Å². The number of nitrogens with zero attached hydrogens (tertiary/aromatic N) is 3. The van der Waals surface area contributed by atoms with Crippen LogP contribution in [-0.4, -0.2) is 61.2 Å². The second-order valence-corrected chi connectivity index (χ2v) is 8.70. The lowest BCUT2D eigenvalue weighted by atomic mass is 10.1. The molecule has 176 valence electrons. The number of methoxy groups -OCH3 is 1. The number of hydrogen-bond donors (Lipinski definition) is 0. The topological polar surface area (TPSA) is 54.9 Å². The zero-order chi connectivity index (χ0) is 23.5. The van der Waals surface area contributed by atoms with Gasteiger partial charge in [-0.05, 0) is 47.4 Å². The van der Waals surface area contributed by atoms with E-state index < -0.39 is 0 Å². The maximum Gasteiger partial charge on any atom is 0.210 e. The van der Waals surface area contributed by atoms with Crippen molar-refractivity contribution in [2.45, 2.75) is 26.9 Å². The molecule has 1 fully saturated rings. The minimum atomic E-state index is 0.484. The van der Waals surface area contributed by atoms with Gasteiger partial charge in [0.15, 0.2) is 0 Å². The van der Waals surface area contributed by atoms with Crippen LogP contribution in [0.4, 0.5) is 0 Å². The Kier molecular flexibility index (Phi) is 9.66. The fourth-order valence-corrected chi connectivity index (χ4v) is 3.86. The van der Waals surface area contributed by atoms with E-state index >= 15 is 0 Å². The molecule has 1 aliphatic rings. The second kappa shape index (κ2) is 12.9. The van der Waals surface area contributed by atoms with Gasteiger partial charge in [0.1, 0.15) is 5.75 Å². The van der Waals surface area contributed by atoms with E-state index in [0.29, 0.717) is 12.5 Å². The average Bonchev–Trinajstić information content (AvgIpc) is 2.84. The van der Waals surface area contributed by atoms with Gasteiger partial charge in [-0.2, -0.15) is 0 Å². The van der Waals surface area contributed by atoms with Crippen LogP contribution in [0.25, 0.3) is 10.9 Å². The van der Waals surface area contributed by atoms with Crippen molar-refractivity contribution in [3.63, 3.8) is 0 Å². The van der Waals surface area contributed by atoms with Gasteiger partial charge in [-0.1, -0.05) is 38.1 Å². The Labute approximate surface area is 197 Å². The summed E-state index contributed by atoms with van der Waals surface area (Å²) in [6.45, 7) is 10.4. The number of carbonyl (C=O) groups is 1. The summed E-state index contributed by atoms with van der Waals surface area (Å²) in [5, 5.41) is 1.12. The molecule has 1 amide bonds. The van der Waals surface area contributed by atoms with E-state index in [1.165, 1.54) is 5.56 Å². The first-order valence-corrected chi connectivity index (χ1v) is 11.5. The molecule has 1 aliphatic heterocycles. The van der Waals surface area contributed by atoms with E-state index in [0.717, 1.165) is 68.0 Å². The minimum absolute atomic E-state index is 0.484. The smallest absolute Gasteiger partial charge is 0.210 e. The highest BCUT2D eigenvalue weighted by molar-refractivity contribution is 5.78. The van der Waals surface area contributed by atoms with Crippen LogP contribution >= 0.6 is 0 Å². The van der Waals surface area contributed by atoms with Gasteiger partial charge in [0.05, 0.1) is 25.8 Å². The predicted molar refractivity (Wildman–Crippen MR) is 132 cm³/mol. The molecule has 1 saturated heterocycles. The van der Waals surface area contributed by atoms with Crippen LogP contribution in [0.3, 0.4) is 0 Å². The molecule has 0 N–H and O–H groups in total. The van der Waals surface area contributed by atoms with Crippen molar-refractivity contribution in [3.8, 4) is 5.75 Å². The standard InChI is InChI=1S/C15H18N2O.C12H17NO2/c1-12(2)9-17(11-18)10-13-5-6-15-14(8-13)4-3-7-16-15;1-14-12-4-2-3-11(9-12)10-13-5-7-15-8-6-13/h3-8,11-12H,9-10H2,1-2H3;2-4,9H,5-8,10H2,1H3. The van der Waals surface area contributed by atoms with Crippen molar-refractivity contribution in [2.24, 2.45) is 5.92 Å². The molecule has 0 aliphatic carbocycles. The summed E-state index contributed by atoms with van der Waals surface area (Å²) < 4.78 is 10.5. The first-order valence-electron chi connectivity index (χ1n) is 11.5. The monoisotopic (exact) mass is 449 g/mol. The Hall–Kier alpha value is -2.96. The Morgan fingerprint density at radius 1 is 1.09 bits per heavy atom. The number of pyridine rings is 1. The number of aromatic nitrogens is 1. The van der Waals surface area contributed by atoms with Gasteiger partial charge in [-0.25, -0.2) is 0 Å². The number of amides is 1. The number of rotatable bonds is 8. The molecule has 2 aromatic carbocycles. The summed E-state index contributed by atoms with van der Waals surface area (Å²) in [6, 6.07) is 18.3. The van der Waals surface area contributed by atoms with Crippen LogP contribution in [0, 0.1) is 5.92 Å². The van der Waals surface area contributed by atoms with Crippen molar-refractivity contribution < 1.29 is 14.3 Å². The summed E-state index contributed by atoms with van der Waals surface area (Å²) in [5.74, 6) is 1.41. The summed E-state index contributed by atoms with van der Waals surface area (Å²) >= 11 is 0. The van der Waals surface area contributed by atoms with Gasteiger partial charge >= 0.3 is 0 Å². The zero-order valence-electron chi connectivity index (χ0n) is 19.9. The van der Waals surface area contributed by atoms with Gasteiger partial charge in [0.2, 0.25) is 6.41 Å². The van der Waals surface area contributed by atoms with E-state index in [4.69, 9.17) is 9.47 Å². The van der Waals surface area contributed by atoms with Gasteiger partial charge in [-0.3, -0.25) is 14.7 Å². The highest BCUT2D eigenvalue weighted by atomic mass is 16.5. The van der Waals surface area contributed by atoms with E-state index in [9.17, 15) is 4.79 Å². The molecule has 0 radical (unpaired) electrons. The maximum absolute atomic E-state index is 11.0. The third-order valence-corrected chi connectivity index (χ3v) is 5.45. The summed E-state index contributed by atoms with van der Waals surface area (Å²) in [6.07, 6.45) is 2.71.